The van der Waals surface area contributed by atoms with Gasteiger partial charge >= 0.3 is 5.97 Å². The topological polar surface area (TPSA) is 58.6 Å². The summed E-state index contributed by atoms with van der Waals surface area (Å²) < 4.78 is 5.30. The Morgan fingerprint density at radius 2 is 1.93 bits per heavy atom. The van der Waals surface area contributed by atoms with E-state index >= 15 is 0 Å². The number of hydrogen-bond acceptors (Lipinski definition) is 5. The van der Waals surface area contributed by atoms with E-state index in [9.17, 15) is 9.59 Å². The number of esters is 1. The number of carbonyl (C=O) groups excluding carboxylic acids is 2. The normalized spacial score (nSPS) is 20.1. The summed E-state index contributed by atoms with van der Waals surface area (Å²) >= 11 is 1.57. The van der Waals surface area contributed by atoms with Gasteiger partial charge < -0.3 is 10.1 Å². The van der Waals surface area contributed by atoms with Gasteiger partial charge in [0.25, 0.3) is 0 Å². The van der Waals surface area contributed by atoms with Gasteiger partial charge in [-0.2, -0.15) is 0 Å². The summed E-state index contributed by atoms with van der Waals surface area (Å²) in [6.45, 7) is 7.80. The lowest BCUT2D eigenvalue weighted by molar-refractivity contribution is -0.118. The summed E-state index contributed by atoms with van der Waals surface area (Å²) in [6, 6.07) is 0.506. The van der Waals surface area contributed by atoms with E-state index in [-0.39, 0.29) is 11.9 Å². The third-order valence-corrected chi connectivity index (χ3v) is 7.26. The first kappa shape index (κ1) is 21.3. The number of rotatable bonds is 7. The number of ether oxygens (including phenoxy) is 1. The maximum absolute atomic E-state index is 12.8. The minimum Gasteiger partial charge on any atom is -0.462 e. The Morgan fingerprint density at radius 1 is 1.18 bits per heavy atom. The van der Waals surface area contributed by atoms with Crippen molar-refractivity contribution in [1.29, 1.82) is 0 Å². The van der Waals surface area contributed by atoms with Crippen LogP contribution in [0.1, 0.15) is 80.1 Å². The molecule has 28 heavy (non-hydrogen) atoms. The molecule has 5 nitrogen and oxygen atoms in total. The first-order valence-electron chi connectivity index (χ1n) is 10.9. The van der Waals surface area contributed by atoms with Crippen LogP contribution in [0.2, 0.25) is 0 Å². The molecule has 1 fully saturated rings. The summed E-state index contributed by atoms with van der Waals surface area (Å²) in [4.78, 5) is 29.0. The Balaban J connectivity index is 1.74. The number of anilines is 1. The molecule has 2 aliphatic rings. The van der Waals surface area contributed by atoms with Crippen molar-refractivity contribution in [2.24, 2.45) is 5.92 Å². The highest BCUT2D eigenvalue weighted by atomic mass is 32.1. The molecule has 1 unspecified atom stereocenters. The van der Waals surface area contributed by atoms with Gasteiger partial charge in [0.05, 0.1) is 18.7 Å². The Kier molecular flexibility index (Phi) is 7.52. The van der Waals surface area contributed by atoms with Crippen molar-refractivity contribution >= 4 is 28.2 Å². The van der Waals surface area contributed by atoms with Crippen LogP contribution in [0.3, 0.4) is 0 Å². The molecular formula is C22H34N2O3S. The molecule has 1 N–H and O–H groups in total. The van der Waals surface area contributed by atoms with Crippen LogP contribution in [0.4, 0.5) is 5.00 Å². The Bertz CT molecular complexity index is 694. The van der Waals surface area contributed by atoms with Crippen molar-refractivity contribution in [2.75, 3.05) is 25.0 Å². The SMILES string of the molecule is CCOC(=O)c1c(NC(=O)CN(CC)C2CCCCC2)sc2c1CCC(C)C2. The van der Waals surface area contributed by atoms with E-state index in [1.54, 1.807) is 11.3 Å². The van der Waals surface area contributed by atoms with Gasteiger partial charge in [-0.25, -0.2) is 4.79 Å². The molecule has 3 rings (SSSR count). The van der Waals surface area contributed by atoms with E-state index in [0.29, 0.717) is 35.7 Å². The second kappa shape index (κ2) is 9.88. The van der Waals surface area contributed by atoms with Crippen LogP contribution in [0.5, 0.6) is 0 Å². The number of amides is 1. The van der Waals surface area contributed by atoms with Crippen molar-refractivity contribution < 1.29 is 14.3 Å². The summed E-state index contributed by atoms with van der Waals surface area (Å²) in [5, 5.41) is 3.75. The van der Waals surface area contributed by atoms with Crippen molar-refractivity contribution in [2.45, 2.75) is 78.2 Å². The second-order valence-electron chi connectivity index (χ2n) is 8.18. The van der Waals surface area contributed by atoms with Gasteiger partial charge in [-0.1, -0.05) is 33.1 Å². The number of nitrogens with zero attached hydrogens (tertiary/aromatic N) is 1. The van der Waals surface area contributed by atoms with Crippen molar-refractivity contribution in [3.63, 3.8) is 0 Å². The number of nitrogens with one attached hydrogen (secondary N) is 1. The van der Waals surface area contributed by atoms with Gasteiger partial charge in [-0.05, 0) is 57.1 Å². The third-order valence-electron chi connectivity index (χ3n) is 6.09. The fourth-order valence-electron chi connectivity index (χ4n) is 4.55. The van der Waals surface area contributed by atoms with E-state index in [1.807, 2.05) is 6.92 Å². The zero-order valence-corrected chi connectivity index (χ0v) is 18.3. The average Bonchev–Trinajstić information content (AvgIpc) is 3.03. The average molecular weight is 407 g/mol. The standard InChI is InChI=1S/C22H34N2O3S/c1-4-24(16-9-7-6-8-10-16)14-19(25)23-21-20(22(26)27-5-2)17-12-11-15(3)13-18(17)28-21/h15-16H,4-14H2,1-3H3,(H,23,25). The predicted octanol–water partition coefficient (Wildman–Crippen LogP) is 4.64. The first-order chi connectivity index (χ1) is 13.5. The van der Waals surface area contributed by atoms with Gasteiger partial charge in [0, 0.05) is 10.9 Å². The van der Waals surface area contributed by atoms with E-state index in [2.05, 4.69) is 24.1 Å². The molecule has 156 valence electrons. The largest absolute Gasteiger partial charge is 0.462 e. The van der Waals surface area contributed by atoms with Gasteiger partial charge in [0.2, 0.25) is 5.91 Å². The molecule has 2 aliphatic carbocycles. The van der Waals surface area contributed by atoms with Gasteiger partial charge in [0.15, 0.2) is 0 Å². The number of carbonyl (C=O) groups is 2. The van der Waals surface area contributed by atoms with Gasteiger partial charge in [-0.15, -0.1) is 11.3 Å². The molecule has 1 saturated carbocycles. The molecule has 0 aliphatic heterocycles. The Labute approximate surface area is 172 Å². The Hall–Kier alpha value is -1.40. The van der Waals surface area contributed by atoms with Crippen molar-refractivity contribution in [3.05, 3.63) is 16.0 Å². The van der Waals surface area contributed by atoms with Gasteiger partial charge in [-0.3, -0.25) is 9.69 Å². The van der Waals surface area contributed by atoms with Crippen LogP contribution in [0.25, 0.3) is 0 Å². The molecule has 1 amide bonds. The molecule has 0 saturated heterocycles. The van der Waals surface area contributed by atoms with Crippen LogP contribution < -0.4 is 5.32 Å². The lowest BCUT2D eigenvalue weighted by atomic mass is 9.88. The fraction of sp³-hybridized carbons (Fsp3) is 0.727. The summed E-state index contributed by atoms with van der Waals surface area (Å²) in [5.41, 5.74) is 1.69. The number of hydrogen-bond donors (Lipinski definition) is 1. The van der Waals surface area contributed by atoms with Crippen LogP contribution in [0, 0.1) is 5.92 Å². The number of likely N-dealkylation sites (N-methyl/N-ethyl adjacent to an activating group) is 1. The first-order valence-corrected chi connectivity index (χ1v) is 11.7. The lowest BCUT2D eigenvalue weighted by Crippen LogP contribution is -2.41. The quantitative estimate of drug-likeness (QED) is 0.670. The smallest absolute Gasteiger partial charge is 0.341 e. The summed E-state index contributed by atoms with van der Waals surface area (Å²) in [5.74, 6) is 0.292. The molecule has 1 atom stereocenters. The molecule has 1 aromatic rings. The highest BCUT2D eigenvalue weighted by molar-refractivity contribution is 7.17. The van der Waals surface area contributed by atoms with Crippen LogP contribution >= 0.6 is 11.3 Å². The van der Waals surface area contributed by atoms with Crippen LogP contribution in [-0.2, 0) is 22.4 Å². The molecule has 0 bridgehead atoms. The molecule has 0 radical (unpaired) electrons. The monoisotopic (exact) mass is 406 g/mol. The molecular weight excluding hydrogens is 372 g/mol. The Morgan fingerprint density at radius 3 is 2.61 bits per heavy atom. The van der Waals surface area contributed by atoms with Gasteiger partial charge in [0.1, 0.15) is 5.00 Å². The highest BCUT2D eigenvalue weighted by Crippen LogP contribution is 2.40. The van der Waals surface area contributed by atoms with Crippen LogP contribution in [-0.4, -0.2) is 42.5 Å². The highest BCUT2D eigenvalue weighted by Gasteiger charge is 2.30. The number of thiophene rings is 1. The number of fused-ring (bicyclic) bond motifs is 1. The maximum Gasteiger partial charge on any atom is 0.341 e. The molecule has 6 heteroatoms. The molecule has 1 aromatic heterocycles. The zero-order chi connectivity index (χ0) is 20.1. The third kappa shape index (κ3) is 4.95. The van der Waals surface area contributed by atoms with Crippen molar-refractivity contribution in [3.8, 4) is 0 Å². The zero-order valence-electron chi connectivity index (χ0n) is 17.5. The summed E-state index contributed by atoms with van der Waals surface area (Å²) in [6.07, 6.45) is 9.13. The fourth-order valence-corrected chi connectivity index (χ4v) is 5.97. The summed E-state index contributed by atoms with van der Waals surface area (Å²) in [7, 11) is 0. The minimum absolute atomic E-state index is 0.0235. The predicted molar refractivity (Wildman–Crippen MR) is 114 cm³/mol. The van der Waals surface area contributed by atoms with E-state index in [1.165, 1.54) is 37.0 Å². The molecule has 0 spiro atoms. The molecule has 0 aromatic carbocycles. The minimum atomic E-state index is -0.301. The van der Waals surface area contributed by atoms with Crippen molar-refractivity contribution in [1.82, 2.24) is 4.90 Å². The lowest BCUT2D eigenvalue weighted by Gasteiger charge is -2.32. The van der Waals surface area contributed by atoms with Crippen LogP contribution in [0.15, 0.2) is 0 Å². The molecule has 1 heterocycles. The maximum atomic E-state index is 12.8. The van der Waals surface area contributed by atoms with E-state index < -0.39 is 0 Å². The van der Waals surface area contributed by atoms with E-state index in [0.717, 1.165) is 31.4 Å². The second-order valence-corrected chi connectivity index (χ2v) is 9.28. The van der Waals surface area contributed by atoms with E-state index in [4.69, 9.17) is 4.74 Å².